The van der Waals surface area contributed by atoms with Gasteiger partial charge >= 0.3 is 0 Å². The number of nitrogens with one attached hydrogen (secondary N) is 4. The third kappa shape index (κ3) is 7.51. The van der Waals surface area contributed by atoms with Crippen molar-refractivity contribution in [1.82, 2.24) is 10.6 Å². The van der Waals surface area contributed by atoms with Crippen LogP contribution < -0.4 is 21.3 Å². The largest absolute Gasteiger partial charge is 0.355 e. The minimum atomic E-state index is -0.121. The molecule has 218 valence electrons. The minimum absolute atomic E-state index is 0.0354. The van der Waals surface area contributed by atoms with Gasteiger partial charge in [-0.1, -0.05) is 25.7 Å². The number of fused-ring (bicyclic) bond motifs is 2. The zero-order chi connectivity index (χ0) is 28.5. The van der Waals surface area contributed by atoms with Gasteiger partial charge in [0.2, 0.25) is 11.8 Å². The van der Waals surface area contributed by atoms with E-state index in [0.29, 0.717) is 34.0 Å². The maximum Gasteiger partial charge on any atom is 0.254 e. The van der Waals surface area contributed by atoms with Crippen LogP contribution in [0.3, 0.4) is 0 Å². The van der Waals surface area contributed by atoms with Crippen LogP contribution in [0.1, 0.15) is 119 Å². The van der Waals surface area contributed by atoms with Crippen LogP contribution in [0.25, 0.3) is 0 Å². The summed E-state index contributed by atoms with van der Waals surface area (Å²) in [7, 11) is 3.26. The van der Waals surface area contributed by atoms with E-state index in [1.807, 2.05) is 0 Å². The Morgan fingerprint density at radius 1 is 0.575 bits per heavy atom. The van der Waals surface area contributed by atoms with E-state index in [1.165, 1.54) is 9.75 Å². The highest BCUT2D eigenvalue weighted by Crippen LogP contribution is 2.39. The second kappa shape index (κ2) is 14.8. The van der Waals surface area contributed by atoms with E-state index in [4.69, 9.17) is 0 Å². The van der Waals surface area contributed by atoms with Gasteiger partial charge in [0.1, 0.15) is 10.0 Å². The molecule has 2 aliphatic rings. The summed E-state index contributed by atoms with van der Waals surface area (Å²) in [4.78, 5) is 52.6. The van der Waals surface area contributed by atoms with Gasteiger partial charge in [-0.25, -0.2) is 0 Å². The predicted molar refractivity (Wildman–Crippen MR) is 163 cm³/mol. The van der Waals surface area contributed by atoms with Crippen LogP contribution in [0.15, 0.2) is 0 Å². The van der Waals surface area contributed by atoms with Gasteiger partial charge in [0.15, 0.2) is 0 Å². The maximum absolute atomic E-state index is 12.6. The summed E-state index contributed by atoms with van der Waals surface area (Å²) in [5, 5.41) is 12.8. The molecule has 2 aromatic rings. The zero-order valence-corrected chi connectivity index (χ0v) is 25.4. The third-order valence-corrected chi connectivity index (χ3v) is 10.2. The quantitative estimate of drug-likeness (QED) is 0.216. The second-order valence-corrected chi connectivity index (χ2v) is 12.9. The fraction of sp³-hybridized carbons (Fsp3) is 0.600. The smallest absolute Gasteiger partial charge is 0.254 e. The van der Waals surface area contributed by atoms with Gasteiger partial charge in [-0.2, -0.15) is 0 Å². The summed E-state index contributed by atoms with van der Waals surface area (Å²) < 4.78 is 0. The molecule has 2 heterocycles. The highest BCUT2D eigenvalue weighted by Gasteiger charge is 2.27. The van der Waals surface area contributed by atoms with Gasteiger partial charge in [-0.3, -0.25) is 19.2 Å². The Morgan fingerprint density at radius 3 is 1.35 bits per heavy atom. The van der Waals surface area contributed by atoms with Gasteiger partial charge in [0, 0.05) is 36.7 Å². The van der Waals surface area contributed by atoms with Gasteiger partial charge in [0.25, 0.3) is 11.8 Å². The fourth-order valence-electron chi connectivity index (χ4n) is 5.69. The monoisotopic (exact) mass is 586 g/mol. The van der Waals surface area contributed by atoms with Crippen LogP contribution in [-0.4, -0.2) is 37.7 Å². The Kier molecular flexibility index (Phi) is 11.2. The first-order valence-corrected chi connectivity index (χ1v) is 16.4. The number of hydrogen-bond donors (Lipinski definition) is 4. The number of amides is 4. The maximum atomic E-state index is 12.6. The van der Waals surface area contributed by atoms with Crippen molar-refractivity contribution in [3.8, 4) is 0 Å². The standard InChI is InChI=1S/C30H42N4O4S2/c1-31-27(37)25-19-13-9-11-15-21(19)39-29(25)33-23(35)17-7-5-3-4-6-8-18-24(36)34-30-26(28(38)32-2)20-14-10-12-16-22(20)40-30/h3-18H2,1-2H3,(H,31,37)(H,32,38)(H,33,35)(H,34,36). The lowest BCUT2D eigenvalue weighted by molar-refractivity contribution is -0.117. The van der Waals surface area contributed by atoms with Gasteiger partial charge in [-0.15, -0.1) is 22.7 Å². The Balaban J connectivity index is 1.12. The van der Waals surface area contributed by atoms with Crippen LogP contribution in [0.2, 0.25) is 0 Å². The summed E-state index contributed by atoms with van der Waals surface area (Å²) >= 11 is 3.11. The predicted octanol–water partition coefficient (Wildman–Crippen LogP) is 5.98. The first-order chi connectivity index (χ1) is 19.4. The van der Waals surface area contributed by atoms with Crippen molar-refractivity contribution >= 4 is 56.3 Å². The molecular formula is C30H42N4O4S2. The number of anilines is 2. The van der Waals surface area contributed by atoms with Crippen molar-refractivity contribution < 1.29 is 19.2 Å². The molecule has 0 aromatic carbocycles. The molecule has 0 fully saturated rings. The molecule has 10 heteroatoms. The van der Waals surface area contributed by atoms with Crippen LogP contribution in [-0.2, 0) is 35.3 Å². The molecule has 0 unspecified atom stereocenters. The van der Waals surface area contributed by atoms with Crippen LogP contribution in [0.5, 0.6) is 0 Å². The Labute approximate surface area is 245 Å². The summed E-state index contributed by atoms with van der Waals surface area (Å²) in [6.07, 6.45) is 14.6. The van der Waals surface area contributed by atoms with Crippen molar-refractivity contribution in [1.29, 1.82) is 0 Å². The molecule has 0 saturated heterocycles. The normalized spacial score (nSPS) is 14.2. The Morgan fingerprint density at radius 2 is 0.950 bits per heavy atom. The number of thiophene rings is 2. The van der Waals surface area contributed by atoms with E-state index in [0.717, 1.165) is 101 Å². The van der Waals surface area contributed by atoms with Crippen LogP contribution in [0, 0.1) is 0 Å². The number of carbonyl (C=O) groups excluding carboxylic acids is 4. The number of hydrogen-bond acceptors (Lipinski definition) is 6. The molecule has 8 nitrogen and oxygen atoms in total. The zero-order valence-electron chi connectivity index (χ0n) is 23.8. The molecule has 0 aliphatic heterocycles. The highest BCUT2D eigenvalue weighted by atomic mass is 32.1. The molecule has 2 aromatic heterocycles. The summed E-state index contributed by atoms with van der Waals surface area (Å²) in [5.74, 6) is -0.312. The minimum Gasteiger partial charge on any atom is -0.355 e. The molecule has 2 aliphatic carbocycles. The molecule has 4 amide bonds. The molecule has 0 saturated carbocycles. The molecule has 0 bridgehead atoms. The highest BCUT2D eigenvalue weighted by molar-refractivity contribution is 7.17. The van der Waals surface area contributed by atoms with Crippen LogP contribution in [0.4, 0.5) is 10.0 Å². The van der Waals surface area contributed by atoms with Crippen LogP contribution >= 0.6 is 22.7 Å². The van der Waals surface area contributed by atoms with E-state index in [9.17, 15) is 19.2 Å². The first-order valence-electron chi connectivity index (χ1n) is 14.8. The van der Waals surface area contributed by atoms with E-state index in [2.05, 4.69) is 21.3 Å². The molecule has 0 atom stereocenters. The number of aryl methyl sites for hydroxylation is 2. The second-order valence-electron chi connectivity index (χ2n) is 10.7. The fourth-order valence-corrected chi connectivity index (χ4v) is 8.30. The summed E-state index contributed by atoms with van der Waals surface area (Å²) in [6.45, 7) is 0. The van der Waals surface area contributed by atoms with Gasteiger partial charge < -0.3 is 21.3 Å². The van der Waals surface area contributed by atoms with E-state index in [1.54, 1.807) is 36.8 Å². The van der Waals surface area contributed by atoms with Crippen molar-refractivity contribution in [3.05, 3.63) is 32.0 Å². The summed E-state index contributed by atoms with van der Waals surface area (Å²) in [6, 6.07) is 0. The average molecular weight is 587 g/mol. The van der Waals surface area contributed by atoms with Crippen molar-refractivity contribution in [2.24, 2.45) is 0 Å². The lowest BCUT2D eigenvalue weighted by Gasteiger charge is -2.12. The molecule has 4 rings (SSSR count). The lowest BCUT2D eigenvalue weighted by Crippen LogP contribution is -2.22. The Bertz CT molecular complexity index is 1140. The SMILES string of the molecule is CNC(=O)c1c(NC(=O)CCCCCCCCC(=O)Nc2sc3c(c2C(=O)NC)CCCC3)sc2c1CCCC2. The average Bonchev–Trinajstić information content (AvgIpc) is 3.50. The Hall–Kier alpha value is -2.72. The third-order valence-electron chi connectivity index (χ3n) is 7.81. The van der Waals surface area contributed by atoms with E-state index in [-0.39, 0.29) is 23.6 Å². The molecule has 0 spiro atoms. The topological polar surface area (TPSA) is 116 Å². The number of carbonyl (C=O) groups is 4. The molecule has 0 radical (unpaired) electrons. The van der Waals surface area contributed by atoms with Crippen molar-refractivity contribution in [2.45, 2.75) is 103 Å². The lowest BCUT2D eigenvalue weighted by atomic mass is 9.95. The molecular weight excluding hydrogens is 544 g/mol. The van der Waals surface area contributed by atoms with Crippen molar-refractivity contribution in [3.63, 3.8) is 0 Å². The van der Waals surface area contributed by atoms with E-state index >= 15 is 0 Å². The number of rotatable bonds is 13. The number of unbranched alkanes of at least 4 members (excludes halogenated alkanes) is 5. The van der Waals surface area contributed by atoms with Gasteiger partial charge in [0.05, 0.1) is 11.1 Å². The van der Waals surface area contributed by atoms with E-state index < -0.39 is 0 Å². The molecule has 4 N–H and O–H groups in total. The van der Waals surface area contributed by atoms with Gasteiger partial charge in [-0.05, 0) is 75.3 Å². The summed E-state index contributed by atoms with van der Waals surface area (Å²) in [5.41, 5.74) is 3.54. The first kappa shape index (κ1) is 30.2. The van der Waals surface area contributed by atoms with Crippen molar-refractivity contribution in [2.75, 3.05) is 24.7 Å². The molecule has 40 heavy (non-hydrogen) atoms.